The van der Waals surface area contributed by atoms with E-state index in [1.54, 1.807) is 19.2 Å². The quantitative estimate of drug-likeness (QED) is 0.567. The molecule has 0 heterocycles. The number of nitrogens with one attached hydrogen (secondary N) is 3. The fourth-order valence-corrected chi connectivity index (χ4v) is 2.69. The Balaban J connectivity index is 1.50. The van der Waals surface area contributed by atoms with E-state index < -0.39 is 0 Å². The van der Waals surface area contributed by atoms with Crippen molar-refractivity contribution >= 4 is 17.6 Å². The van der Waals surface area contributed by atoms with Crippen molar-refractivity contribution in [2.45, 2.75) is 32.4 Å². The largest absolute Gasteiger partial charge is 0.491 e. The zero-order valence-corrected chi connectivity index (χ0v) is 16.8. The van der Waals surface area contributed by atoms with E-state index in [-0.39, 0.29) is 11.9 Å². The van der Waals surface area contributed by atoms with Crippen LogP contribution in [-0.4, -0.2) is 38.3 Å². The van der Waals surface area contributed by atoms with Crippen molar-refractivity contribution in [1.82, 2.24) is 10.6 Å². The Morgan fingerprint density at radius 3 is 2.52 bits per heavy atom. The number of carbonyl (C=O) groups excluding carboxylic acids is 2. The minimum Gasteiger partial charge on any atom is -0.491 e. The molecule has 0 radical (unpaired) electrons. The molecule has 7 nitrogen and oxygen atoms in total. The minimum atomic E-state index is -0.326. The third-order valence-corrected chi connectivity index (χ3v) is 4.59. The molecule has 1 saturated carbocycles. The summed E-state index contributed by atoms with van der Waals surface area (Å²) in [6.07, 6.45) is 2.07. The molecule has 3 N–H and O–H groups in total. The smallest absolute Gasteiger partial charge is 0.319 e. The molecular formula is C22H27N3O4. The van der Waals surface area contributed by atoms with Gasteiger partial charge in [0, 0.05) is 30.9 Å². The fraction of sp³-hybridized carbons (Fsp3) is 0.364. The van der Waals surface area contributed by atoms with Gasteiger partial charge in [-0.3, -0.25) is 4.79 Å². The molecule has 0 bridgehead atoms. The van der Waals surface area contributed by atoms with Crippen LogP contribution >= 0.6 is 0 Å². The second-order valence-corrected chi connectivity index (χ2v) is 7.07. The third kappa shape index (κ3) is 6.50. The topological polar surface area (TPSA) is 88.7 Å². The van der Waals surface area contributed by atoms with E-state index in [1.807, 2.05) is 37.3 Å². The number of hydrogen-bond acceptors (Lipinski definition) is 4. The van der Waals surface area contributed by atoms with Gasteiger partial charge in [-0.2, -0.15) is 0 Å². The van der Waals surface area contributed by atoms with Crippen molar-refractivity contribution in [3.8, 4) is 5.75 Å². The van der Waals surface area contributed by atoms with Crippen LogP contribution in [0.3, 0.4) is 0 Å². The molecular weight excluding hydrogens is 370 g/mol. The summed E-state index contributed by atoms with van der Waals surface area (Å²) in [7, 11) is 1.63. The van der Waals surface area contributed by atoms with Gasteiger partial charge in [-0.1, -0.05) is 18.2 Å². The van der Waals surface area contributed by atoms with Gasteiger partial charge in [-0.15, -0.1) is 0 Å². The summed E-state index contributed by atoms with van der Waals surface area (Å²) in [6.45, 7) is 3.30. The zero-order valence-electron chi connectivity index (χ0n) is 16.8. The zero-order chi connectivity index (χ0) is 20.6. The predicted octanol–water partition coefficient (Wildman–Crippen LogP) is 3.23. The number of anilines is 1. The lowest BCUT2D eigenvalue weighted by atomic mass is 10.1. The summed E-state index contributed by atoms with van der Waals surface area (Å²) < 4.78 is 10.5. The van der Waals surface area contributed by atoms with Gasteiger partial charge in [0.15, 0.2) is 0 Å². The number of ether oxygens (including phenoxy) is 2. The van der Waals surface area contributed by atoms with E-state index in [0.29, 0.717) is 37.1 Å². The Hall–Kier alpha value is -3.06. The number of carbonyl (C=O) groups is 2. The average Bonchev–Trinajstić information content (AvgIpc) is 3.53. The van der Waals surface area contributed by atoms with E-state index >= 15 is 0 Å². The highest BCUT2D eigenvalue weighted by Crippen LogP contribution is 2.21. The highest BCUT2D eigenvalue weighted by Gasteiger charge is 2.24. The molecule has 154 valence electrons. The van der Waals surface area contributed by atoms with Crippen molar-refractivity contribution in [3.05, 3.63) is 59.2 Å². The molecule has 1 aliphatic carbocycles. The molecule has 0 atom stereocenters. The summed E-state index contributed by atoms with van der Waals surface area (Å²) in [5.74, 6) is 0.649. The SMILES string of the molecule is COCCOc1ccc(CNC(=O)Nc2cc(C(=O)NC3CC3)ccc2C)cc1. The van der Waals surface area contributed by atoms with Gasteiger partial charge in [-0.05, 0) is 55.2 Å². The van der Waals surface area contributed by atoms with Crippen LogP contribution in [0.1, 0.15) is 34.3 Å². The monoisotopic (exact) mass is 397 g/mol. The molecule has 3 rings (SSSR count). The molecule has 0 spiro atoms. The maximum absolute atomic E-state index is 12.3. The summed E-state index contributed by atoms with van der Waals surface area (Å²) in [6, 6.07) is 12.8. The van der Waals surface area contributed by atoms with Gasteiger partial charge in [-0.25, -0.2) is 4.79 Å². The van der Waals surface area contributed by atoms with Gasteiger partial charge in [0.1, 0.15) is 12.4 Å². The summed E-state index contributed by atoms with van der Waals surface area (Å²) >= 11 is 0. The van der Waals surface area contributed by atoms with Crippen LogP contribution in [0.4, 0.5) is 10.5 Å². The molecule has 29 heavy (non-hydrogen) atoms. The normalized spacial score (nSPS) is 12.9. The van der Waals surface area contributed by atoms with E-state index in [0.717, 1.165) is 29.7 Å². The molecule has 2 aromatic carbocycles. The van der Waals surface area contributed by atoms with Crippen LogP contribution in [0.2, 0.25) is 0 Å². The Bertz CT molecular complexity index is 848. The number of amides is 3. The predicted molar refractivity (Wildman–Crippen MR) is 111 cm³/mol. The number of aryl methyl sites for hydroxylation is 1. The van der Waals surface area contributed by atoms with Gasteiger partial charge in [0.05, 0.1) is 6.61 Å². The highest BCUT2D eigenvalue weighted by atomic mass is 16.5. The first kappa shape index (κ1) is 20.7. The van der Waals surface area contributed by atoms with Crippen LogP contribution in [0.15, 0.2) is 42.5 Å². The third-order valence-electron chi connectivity index (χ3n) is 4.59. The molecule has 0 aliphatic heterocycles. The van der Waals surface area contributed by atoms with Crippen LogP contribution < -0.4 is 20.7 Å². The molecule has 0 aromatic heterocycles. The van der Waals surface area contributed by atoms with Crippen molar-refractivity contribution in [3.63, 3.8) is 0 Å². The Morgan fingerprint density at radius 1 is 1.07 bits per heavy atom. The van der Waals surface area contributed by atoms with E-state index in [4.69, 9.17) is 9.47 Å². The van der Waals surface area contributed by atoms with E-state index in [9.17, 15) is 9.59 Å². The van der Waals surface area contributed by atoms with Crippen LogP contribution in [-0.2, 0) is 11.3 Å². The average molecular weight is 397 g/mol. The van der Waals surface area contributed by atoms with Crippen LogP contribution in [0.25, 0.3) is 0 Å². The van der Waals surface area contributed by atoms with Crippen molar-refractivity contribution < 1.29 is 19.1 Å². The number of methoxy groups -OCH3 is 1. The molecule has 3 amide bonds. The second kappa shape index (κ2) is 9.93. The molecule has 1 fully saturated rings. The molecule has 7 heteroatoms. The maximum Gasteiger partial charge on any atom is 0.319 e. The Labute approximate surface area is 170 Å². The van der Waals surface area contributed by atoms with Crippen LogP contribution in [0.5, 0.6) is 5.75 Å². The fourth-order valence-electron chi connectivity index (χ4n) is 2.69. The molecule has 1 aliphatic rings. The summed E-state index contributed by atoms with van der Waals surface area (Å²) in [5.41, 5.74) is 3.00. The van der Waals surface area contributed by atoms with E-state index in [2.05, 4.69) is 16.0 Å². The lowest BCUT2D eigenvalue weighted by Gasteiger charge is -2.12. The second-order valence-electron chi connectivity index (χ2n) is 7.07. The first-order chi connectivity index (χ1) is 14.0. The highest BCUT2D eigenvalue weighted by molar-refractivity contribution is 5.97. The van der Waals surface area contributed by atoms with E-state index in [1.165, 1.54) is 0 Å². The van der Waals surface area contributed by atoms with Crippen molar-refractivity contribution in [2.75, 3.05) is 25.6 Å². The van der Waals surface area contributed by atoms with Gasteiger partial charge in [0.25, 0.3) is 5.91 Å². The molecule has 2 aromatic rings. The Morgan fingerprint density at radius 2 is 1.83 bits per heavy atom. The van der Waals surface area contributed by atoms with Crippen molar-refractivity contribution in [1.29, 1.82) is 0 Å². The number of hydrogen-bond donors (Lipinski definition) is 3. The van der Waals surface area contributed by atoms with Gasteiger partial charge < -0.3 is 25.4 Å². The summed E-state index contributed by atoms with van der Waals surface area (Å²) in [5, 5.41) is 8.60. The van der Waals surface area contributed by atoms with Gasteiger partial charge >= 0.3 is 6.03 Å². The van der Waals surface area contributed by atoms with Crippen molar-refractivity contribution in [2.24, 2.45) is 0 Å². The maximum atomic E-state index is 12.3. The number of benzene rings is 2. The number of urea groups is 1. The molecule has 0 saturated heterocycles. The summed E-state index contributed by atoms with van der Waals surface area (Å²) in [4.78, 5) is 24.5. The standard InChI is InChI=1S/C22H27N3O4/c1-15-3-6-17(21(26)24-18-7-8-18)13-20(15)25-22(27)23-14-16-4-9-19(10-5-16)29-12-11-28-2/h3-6,9-10,13,18H,7-8,11-12,14H2,1-2H3,(H,24,26)(H2,23,25,27). The van der Waals surface area contributed by atoms with Gasteiger partial charge in [0.2, 0.25) is 0 Å². The lowest BCUT2D eigenvalue weighted by molar-refractivity contribution is 0.0951. The number of rotatable bonds is 9. The Kier molecular flexibility index (Phi) is 7.08. The lowest BCUT2D eigenvalue weighted by Crippen LogP contribution is -2.29. The first-order valence-corrected chi connectivity index (χ1v) is 9.72. The first-order valence-electron chi connectivity index (χ1n) is 9.72. The molecule has 0 unspecified atom stereocenters. The van der Waals surface area contributed by atoms with Crippen LogP contribution in [0, 0.1) is 6.92 Å². The minimum absolute atomic E-state index is 0.108.